The molecule has 3 aromatic rings. The van der Waals surface area contributed by atoms with Gasteiger partial charge in [-0.15, -0.1) is 0 Å². The lowest BCUT2D eigenvalue weighted by Gasteiger charge is -2.47. The van der Waals surface area contributed by atoms with Crippen molar-refractivity contribution in [3.8, 4) is 11.3 Å². The van der Waals surface area contributed by atoms with Gasteiger partial charge in [0.2, 0.25) is 0 Å². The molecule has 28 heavy (non-hydrogen) atoms. The van der Waals surface area contributed by atoms with Crippen molar-refractivity contribution in [2.24, 2.45) is 0 Å². The zero-order chi connectivity index (χ0) is 19.7. The van der Waals surface area contributed by atoms with E-state index in [2.05, 4.69) is 20.7 Å². The molecule has 1 N–H and O–H groups in total. The number of hydrogen-bond acceptors (Lipinski definition) is 4. The minimum absolute atomic E-state index is 0.0224. The summed E-state index contributed by atoms with van der Waals surface area (Å²) in [6.07, 6.45) is 4.31. The maximum absolute atomic E-state index is 12.3. The van der Waals surface area contributed by atoms with Crippen LogP contribution in [-0.2, 0) is 16.7 Å². The summed E-state index contributed by atoms with van der Waals surface area (Å²) in [5.74, 6) is 0. The van der Waals surface area contributed by atoms with E-state index >= 15 is 0 Å². The minimum Gasteiger partial charge on any atom is -0.444 e. The Hall–Kier alpha value is -2.54. The zero-order valence-electron chi connectivity index (χ0n) is 16.1. The fourth-order valence-corrected chi connectivity index (χ4v) is 4.37. The number of aryl methyl sites for hydroxylation is 1. The lowest BCUT2D eigenvalue weighted by molar-refractivity contribution is -0.00969. The van der Waals surface area contributed by atoms with Crippen LogP contribution in [0, 0.1) is 0 Å². The van der Waals surface area contributed by atoms with Crippen molar-refractivity contribution in [3.63, 3.8) is 0 Å². The van der Waals surface area contributed by atoms with Crippen molar-refractivity contribution in [2.45, 2.75) is 44.8 Å². The Labute approximate surface area is 167 Å². The van der Waals surface area contributed by atoms with E-state index in [1.54, 1.807) is 11.1 Å². The van der Waals surface area contributed by atoms with Gasteiger partial charge in [0.05, 0.1) is 10.7 Å². The van der Waals surface area contributed by atoms with Crippen LogP contribution in [0.5, 0.6) is 0 Å². The number of H-pyrrole nitrogens is 1. The molecule has 146 valence electrons. The Morgan fingerprint density at radius 1 is 1.32 bits per heavy atom. The number of aromatic amines is 1. The predicted molar refractivity (Wildman–Crippen MR) is 106 cm³/mol. The van der Waals surface area contributed by atoms with Gasteiger partial charge in [-0.05, 0) is 39.3 Å². The molecular formula is C20H22ClN5O2. The quantitative estimate of drug-likeness (QED) is 0.671. The predicted octanol–water partition coefficient (Wildman–Crippen LogP) is 3.97. The first-order chi connectivity index (χ1) is 13.2. The first-order valence-corrected chi connectivity index (χ1v) is 9.81. The van der Waals surface area contributed by atoms with Crippen LogP contribution in [0.1, 0.15) is 32.9 Å². The second-order valence-electron chi connectivity index (χ2n) is 8.76. The second kappa shape index (κ2) is 5.73. The molecule has 1 fully saturated rings. The third-order valence-corrected chi connectivity index (χ3v) is 5.85. The highest BCUT2D eigenvalue weighted by Crippen LogP contribution is 2.44. The van der Waals surface area contributed by atoms with Crippen LogP contribution in [0.2, 0.25) is 5.02 Å². The minimum atomic E-state index is -0.477. The standard InChI is InChI=1S/C20H22ClN5O2/c1-19(2,3)28-18(27)25-10-20(11-25)4-5-26-16(20)7-15(24-26)12-6-13-14(21)9-23-17(13)22-8-12/h6-9H,4-5,10-11H2,1-3H3,(H,22,23). The third kappa shape index (κ3) is 2.68. The maximum Gasteiger partial charge on any atom is 0.410 e. The van der Waals surface area contributed by atoms with Crippen LogP contribution in [0.25, 0.3) is 22.3 Å². The number of halogens is 1. The zero-order valence-corrected chi connectivity index (χ0v) is 16.9. The number of fused-ring (bicyclic) bond motifs is 3. The highest BCUT2D eigenvalue weighted by molar-refractivity contribution is 6.35. The molecule has 1 saturated heterocycles. The van der Waals surface area contributed by atoms with E-state index in [4.69, 9.17) is 21.4 Å². The normalized spacial score (nSPS) is 17.8. The van der Waals surface area contributed by atoms with Crippen LogP contribution < -0.4 is 0 Å². The van der Waals surface area contributed by atoms with Crippen LogP contribution >= 0.6 is 11.6 Å². The molecule has 8 heteroatoms. The molecule has 0 aromatic carbocycles. The number of aromatic nitrogens is 4. The van der Waals surface area contributed by atoms with Gasteiger partial charge in [-0.25, -0.2) is 9.78 Å². The average molecular weight is 400 g/mol. The van der Waals surface area contributed by atoms with Crippen molar-refractivity contribution in [1.82, 2.24) is 24.6 Å². The van der Waals surface area contributed by atoms with Crippen LogP contribution in [0.4, 0.5) is 4.79 Å². The van der Waals surface area contributed by atoms with Crippen LogP contribution in [-0.4, -0.2) is 49.4 Å². The van der Waals surface area contributed by atoms with Gasteiger partial charge >= 0.3 is 6.09 Å². The third-order valence-electron chi connectivity index (χ3n) is 5.54. The second-order valence-corrected chi connectivity index (χ2v) is 9.17. The molecule has 3 aromatic heterocycles. The molecule has 2 aliphatic rings. The fourth-order valence-electron chi connectivity index (χ4n) is 4.17. The van der Waals surface area contributed by atoms with E-state index in [0.717, 1.165) is 35.3 Å². The molecule has 5 rings (SSSR count). The lowest BCUT2D eigenvalue weighted by Crippen LogP contribution is -2.61. The van der Waals surface area contributed by atoms with Gasteiger partial charge in [0, 0.05) is 54.1 Å². The monoisotopic (exact) mass is 399 g/mol. The van der Waals surface area contributed by atoms with E-state index in [1.807, 2.05) is 33.0 Å². The number of amides is 1. The van der Waals surface area contributed by atoms with E-state index in [9.17, 15) is 4.79 Å². The number of rotatable bonds is 1. The average Bonchev–Trinajstić information content (AvgIpc) is 3.25. The van der Waals surface area contributed by atoms with Gasteiger partial charge in [-0.3, -0.25) is 4.68 Å². The molecule has 2 aliphatic heterocycles. The molecule has 1 amide bonds. The maximum atomic E-state index is 12.3. The Bertz CT molecular complexity index is 1090. The Kier molecular flexibility index (Phi) is 3.59. The topological polar surface area (TPSA) is 76.0 Å². The molecule has 0 aliphatic carbocycles. The van der Waals surface area contributed by atoms with E-state index < -0.39 is 5.60 Å². The molecule has 1 spiro atoms. The summed E-state index contributed by atoms with van der Waals surface area (Å²) in [6, 6.07) is 4.14. The number of ether oxygens (including phenoxy) is 1. The first-order valence-electron chi connectivity index (χ1n) is 9.43. The van der Waals surface area contributed by atoms with Crippen molar-refractivity contribution in [3.05, 3.63) is 35.2 Å². The van der Waals surface area contributed by atoms with Crippen LogP contribution in [0.15, 0.2) is 24.5 Å². The van der Waals surface area contributed by atoms with Crippen LogP contribution in [0.3, 0.4) is 0 Å². The summed E-state index contributed by atoms with van der Waals surface area (Å²) < 4.78 is 7.55. The van der Waals surface area contributed by atoms with Gasteiger partial charge in [-0.1, -0.05) is 11.6 Å². The largest absolute Gasteiger partial charge is 0.444 e. The highest BCUT2D eigenvalue weighted by Gasteiger charge is 2.52. The highest BCUT2D eigenvalue weighted by atomic mass is 35.5. The summed E-state index contributed by atoms with van der Waals surface area (Å²) in [6.45, 7) is 7.87. The molecule has 0 bridgehead atoms. The van der Waals surface area contributed by atoms with Gasteiger partial charge < -0.3 is 14.6 Å². The van der Waals surface area contributed by atoms with E-state index in [0.29, 0.717) is 18.1 Å². The lowest BCUT2D eigenvalue weighted by atomic mass is 9.76. The number of carbonyl (C=O) groups excluding carboxylic acids is 1. The van der Waals surface area contributed by atoms with Crippen molar-refractivity contribution >= 4 is 28.7 Å². The number of nitrogens with one attached hydrogen (secondary N) is 1. The van der Waals surface area contributed by atoms with E-state index in [-0.39, 0.29) is 11.5 Å². The SMILES string of the molecule is CC(C)(C)OC(=O)N1CC2(CCn3nc(-c4cnc5[nH]cc(Cl)c5c4)cc32)C1. The summed E-state index contributed by atoms with van der Waals surface area (Å²) in [4.78, 5) is 21.6. The molecule has 5 heterocycles. The molecule has 0 unspecified atom stereocenters. The first kappa shape index (κ1) is 17.6. The number of likely N-dealkylation sites (tertiary alicyclic amines) is 1. The molecule has 0 radical (unpaired) electrons. The molecular weight excluding hydrogens is 378 g/mol. The molecule has 7 nitrogen and oxygen atoms in total. The summed E-state index contributed by atoms with van der Waals surface area (Å²) in [7, 11) is 0. The Morgan fingerprint density at radius 3 is 2.86 bits per heavy atom. The fraction of sp³-hybridized carbons (Fsp3) is 0.450. The number of hydrogen-bond donors (Lipinski definition) is 1. The number of carbonyl (C=O) groups is 1. The summed E-state index contributed by atoms with van der Waals surface area (Å²) in [5, 5.41) is 6.32. The van der Waals surface area contributed by atoms with Crippen molar-refractivity contribution < 1.29 is 9.53 Å². The number of nitrogens with zero attached hydrogens (tertiary/aromatic N) is 4. The number of pyridine rings is 1. The van der Waals surface area contributed by atoms with E-state index in [1.165, 1.54) is 5.69 Å². The van der Waals surface area contributed by atoms with Gasteiger partial charge in [0.15, 0.2) is 0 Å². The van der Waals surface area contributed by atoms with Gasteiger partial charge in [-0.2, -0.15) is 5.10 Å². The Balaban J connectivity index is 1.39. The summed E-state index contributed by atoms with van der Waals surface area (Å²) >= 11 is 6.23. The van der Waals surface area contributed by atoms with Gasteiger partial charge in [0.25, 0.3) is 0 Å². The summed E-state index contributed by atoms with van der Waals surface area (Å²) in [5.41, 5.74) is 3.28. The molecule has 0 atom stereocenters. The Morgan fingerprint density at radius 2 is 2.11 bits per heavy atom. The smallest absolute Gasteiger partial charge is 0.410 e. The van der Waals surface area contributed by atoms with Crippen molar-refractivity contribution in [2.75, 3.05) is 13.1 Å². The van der Waals surface area contributed by atoms with Crippen molar-refractivity contribution in [1.29, 1.82) is 0 Å². The molecule has 0 saturated carbocycles. The van der Waals surface area contributed by atoms with Gasteiger partial charge in [0.1, 0.15) is 11.2 Å².